The molecule has 0 spiro atoms. The van der Waals surface area contributed by atoms with E-state index >= 15 is 0 Å². The van der Waals surface area contributed by atoms with Crippen LogP contribution in [0.25, 0.3) is 0 Å². The fourth-order valence-corrected chi connectivity index (χ4v) is 3.05. The number of aliphatic carboxylic acids is 1. The van der Waals surface area contributed by atoms with Gasteiger partial charge >= 0.3 is 5.97 Å². The maximum atomic E-state index is 12.0. The Bertz CT molecular complexity index is 416. The van der Waals surface area contributed by atoms with E-state index in [1.54, 1.807) is 11.3 Å². The largest absolute Gasteiger partial charge is 0.481 e. The number of carbonyl (C=O) groups is 2. The fraction of sp³-hybridized carbons (Fsp3) is 0.538. The first kappa shape index (κ1) is 13.1. The van der Waals surface area contributed by atoms with Crippen LogP contribution in [-0.4, -0.2) is 17.0 Å². The molecule has 1 aliphatic carbocycles. The molecule has 1 aromatic rings. The molecule has 1 aliphatic rings. The Morgan fingerprint density at radius 3 is 2.83 bits per heavy atom. The Hall–Kier alpha value is -1.36. The number of nitrogens with one attached hydrogen (secondary N) is 1. The molecule has 18 heavy (non-hydrogen) atoms. The standard InChI is InChI=1S/C13H17NO3S/c15-12(14-7-9-4-5-18-8-9)10-2-1-3-11(6-10)13(16)17/h4-5,8,10-11H,1-3,6-7H2,(H,14,15)(H,16,17)/t10-,11+/m0/s1. The number of carbonyl (C=O) groups excluding carboxylic acids is 1. The molecule has 1 fully saturated rings. The lowest BCUT2D eigenvalue weighted by Gasteiger charge is -2.25. The van der Waals surface area contributed by atoms with E-state index in [1.807, 2.05) is 16.8 Å². The van der Waals surface area contributed by atoms with Gasteiger partial charge in [-0.2, -0.15) is 11.3 Å². The lowest BCUT2D eigenvalue weighted by molar-refractivity contribution is -0.144. The van der Waals surface area contributed by atoms with Crippen LogP contribution >= 0.6 is 11.3 Å². The van der Waals surface area contributed by atoms with Gasteiger partial charge in [-0.3, -0.25) is 9.59 Å². The van der Waals surface area contributed by atoms with E-state index in [4.69, 9.17) is 5.11 Å². The minimum absolute atomic E-state index is 0.00727. The molecule has 2 atom stereocenters. The molecule has 0 aliphatic heterocycles. The van der Waals surface area contributed by atoms with E-state index < -0.39 is 5.97 Å². The number of hydrogen-bond acceptors (Lipinski definition) is 3. The van der Waals surface area contributed by atoms with Gasteiger partial charge in [-0.15, -0.1) is 0 Å². The van der Waals surface area contributed by atoms with Gasteiger partial charge in [0.1, 0.15) is 0 Å². The molecule has 0 saturated heterocycles. The molecule has 2 rings (SSSR count). The Morgan fingerprint density at radius 1 is 1.39 bits per heavy atom. The Balaban J connectivity index is 1.83. The van der Waals surface area contributed by atoms with Crippen LogP contribution in [0.5, 0.6) is 0 Å². The summed E-state index contributed by atoms with van der Waals surface area (Å²) >= 11 is 1.60. The first-order valence-corrected chi connectivity index (χ1v) is 7.12. The first-order valence-electron chi connectivity index (χ1n) is 6.18. The first-order chi connectivity index (χ1) is 8.66. The van der Waals surface area contributed by atoms with Crippen LogP contribution < -0.4 is 5.32 Å². The van der Waals surface area contributed by atoms with Crippen LogP contribution in [0.2, 0.25) is 0 Å². The minimum Gasteiger partial charge on any atom is -0.481 e. The quantitative estimate of drug-likeness (QED) is 0.879. The average Bonchev–Trinajstić information content (AvgIpc) is 2.89. The zero-order valence-corrected chi connectivity index (χ0v) is 10.9. The van der Waals surface area contributed by atoms with Crippen LogP contribution in [0.1, 0.15) is 31.2 Å². The zero-order chi connectivity index (χ0) is 13.0. The fourth-order valence-electron chi connectivity index (χ4n) is 2.38. The highest BCUT2D eigenvalue weighted by molar-refractivity contribution is 7.07. The van der Waals surface area contributed by atoms with Crippen molar-refractivity contribution in [2.45, 2.75) is 32.2 Å². The van der Waals surface area contributed by atoms with Crippen molar-refractivity contribution in [3.05, 3.63) is 22.4 Å². The molecular formula is C13H17NO3S. The number of rotatable bonds is 4. The van der Waals surface area contributed by atoms with Gasteiger partial charge in [-0.25, -0.2) is 0 Å². The molecule has 0 bridgehead atoms. The topological polar surface area (TPSA) is 66.4 Å². The SMILES string of the molecule is O=C(O)[C@@H]1CCC[C@H](C(=O)NCc2ccsc2)C1. The highest BCUT2D eigenvalue weighted by Crippen LogP contribution is 2.29. The van der Waals surface area contributed by atoms with Crippen molar-refractivity contribution >= 4 is 23.2 Å². The summed E-state index contributed by atoms with van der Waals surface area (Å²) in [6.07, 6.45) is 2.81. The predicted molar refractivity (Wildman–Crippen MR) is 69.2 cm³/mol. The normalized spacial score (nSPS) is 23.6. The van der Waals surface area contributed by atoms with Crippen molar-refractivity contribution in [1.82, 2.24) is 5.32 Å². The Labute approximate surface area is 110 Å². The summed E-state index contributed by atoms with van der Waals surface area (Å²) in [6, 6.07) is 1.98. The molecule has 1 saturated carbocycles. The maximum Gasteiger partial charge on any atom is 0.306 e. The van der Waals surface area contributed by atoms with Gasteiger partial charge in [0.05, 0.1) is 5.92 Å². The molecule has 2 N–H and O–H groups in total. The molecule has 5 heteroatoms. The summed E-state index contributed by atoms with van der Waals surface area (Å²) in [6.45, 7) is 0.538. The number of carboxylic acids is 1. The van der Waals surface area contributed by atoms with Gasteiger partial charge in [0.15, 0.2) is 0 Å². The lowest BCUT2D eigenvalue weighted by atomic mass is 9.81. The molecular weight excluding hydrogens is 250 g/mol. The summed E-state index contributed by atoms with van der Waals surface area (Å²) in [5, 5.41) is 15.9. The van der Waals surface area contributed by atoms with Gasteiger partial charge in [0, 0.05) is 12.5 Å². The summed E-state index contributed by atoms with van der Waals surface area (Å²) in [5.74, 6) is -1.27. The minimum atomic E-state index is -0.773. The van der Waals surface area contributed by atoms with E-state index in [1.165, 1.54) is 0 Å². The number of thiophene rings is 1. The summed E-state index contributed by atoms with van der Waals surface area (Å²) in [7, 11) is 0. The lowest BCUT2D eigenvalue weighted by Crippen LogP contribution is -2.35. The molecule has 98 valence electrons. The van der Waals surface area contributed by atoms with Crippen molar-refractivity contribution in [1.29, 1.82) is 0 Å². The second kappa shape index (κ2) is 6.00. The van der Waals surface area contributed by atoms with Crippen molar-refractivity contribution in [2.24, 2.45) is 11.8 Å². The van der Waals surface area contributed by atoms with Crippen LogP contribution in [0.3, 0.4) is 0 Å². The molecule has 1 heterocycles. The van der Waals surface area contributed by atoms with Gasteiger partial charge in [0.2, 0.25) is 5.91 Å². The predicted octanol–water partition coefficient (Wildman–Crippen LogP) is 2.26. The van der Waals surface area contributed by atoms with Crippen molar-refractivity contribution in [3.8, 4) is 0 Å². The van der Waals surface area contributed by atoms with Gasteiger partial charge in [0.25, 0.3) is 0 Å². The van der Waals surface area contributed by atoms with Gasteiger partial charge in [-0.05, 0) is 41.7 Å². The summed E-state index contributed by atoms with van der Waals surface area (Å²) in [5.41, 5.74) is 1.10. The zero-order valence-electron chi connectivity index (χ0n) is 10.1. The second-order valence-corrected chi connectivity index (χ2v) is 5.53. The van der Waals surface area contributed by atoms with E-state index in [0.29, 0.717) is 19.4 Å². The smallest absolute Gasteiger partial charge is 0.306 e. The molecule has 0 unspecified atom stereocenters. The monoisotopic (exact) mass is 267 g/mol. The molecule has 1 amide bonds. The van der Waals surface area contributed by atoms with Crippen LogP contribution in [-0.2, 0) is 16.1 Å². The van der Waals surface area contributed by atoms with Crippen molar-refractivity contribution < 1.29 is 14.7 Å². The van der Waals surface area contributed by atoms with E-state index in [9.17, 15) is 9.59 Å². The van der Waals surface area contributed by atoms with Crippen LogP contribution in [0.15, 0.2) is 16.8 Å². The molecule has 1 aromatic heterocycles. The van der Waals surface area contributed by atoms with E-state index in [0.717, 1.165) is 18.4 Å². The summed E-state index contributed by atoms with van der Waals surface area (Å²) < 4.78 is 0. The van der Waals surface area contributed by atoms with Crippen molar-refractivity contribution in [2.75, 3.05) is 0 Å². The molecule has 0 aromatic carbocycles. The van der Waals surface area contributed by atoms with Crippen molar-refractivity contribution in [3.63, 3.8) is 0 Å². The number of carboxylic acid groups (broad SMARTS) is 1. The molecule has 0 radical (unpaired) electrons. The summed E-state index contributed by atoms with van der Waals surface area (Å²) in [4.78, 5) is 22.9. The van der Waals surface area contributed by atoms with E-state index in [2.05, 4.69) is 5.32 Å². The number of hydrogen-bond donors (Lipinski definition) is 2. The Morgan fingerprint density at radius 2 is 2.17 bits per heavy atom. The highest BCUT2D eigenvalue weighted by atomic mass is 32.1. The van der Waals surface area contributed by atoms with Crippen LogP contribution in [0, 0.1) is 11.8 Å². The Kier molecular flexibility index (Phi) is 4.36. The van der Waals surface area contributed by atoms with Crippen LogP contribution in [0.4, 0.5) is 0 Å². The maximum absolute atomic E-state index is 12.0. The third-order valence-corrected chi connectivity index (χ3v) is 4.17. The van der Waals surface area contributed by atoms with Gasteiger partial charge in [-0.1, -0.05) is 6.42 Å². The average molecular weight is 267 g/mol. The third kappa shape index (κ3) is 3.32. The third-order valence-electron chi connectivity index (χ3n) is 3.44. The molecule has 4 nitrogen and oxygen atoms in total. The van der Waals surface area contributed by atoms with Gasteiger partial charge < -0.3 is 10.4 Å². The van der Waals surface area contributed by atoms with E-state index in [-0.39, 0.29) is 17.7 Å². The number of amides is 1. The highest BCUT2D eigenvalue weighted by Gasteiger charge is 2.30. The second-order valence-electron chi connectivity index (χ2n) is 4.75.